The maximum atomic E-state index is 13.2. The van der Waals surface area contributed by atoms with Gasteiger partial charge in [-0.2, -0.15) is 13.2 Å². The molecule has 1 N–H and O–H groups in total. The van der Waals surface area contributed by atoms with Crippen molar-refractivity contribution in [1.82, 2.24) is 10.3 Å². The van der Waals surface area contributed by atoms with Gasteiger partial charge in [0, 0.05) is 24.8 Å². The zero-order valence-electron chi connectivity index (χ0n) is 14.8. The van der Waals surface area contributed by atoms with Crippen LogP contribution in [0.1, 0.15) is 43.9 Å². The summed E-state index contributed by atoms with van der Waals surface area (Å²) in [6.07, 6.45) is -1.23. The SMILES string of the molecule is CC[C@]1(CC(=O)Cc2cc(C(F)(F)F)nc3ccccc23)CCCNC1. The maximum Gasteiger partial charge on any atom is 0.433 e. The summed E-state index contributed by atoms with van der Waals surface area (Å²) >= 11 is 0. The molecule has 3 nitrogen and oxygen atoms in total. The number of pyridine rings is 1. The van der Waals surface area contributed by atoms with Gasteiger partial charge in [-0.25, -0.2) is 4.98 Å². The fourth-order valence-corrected chi connectivity index (χ4v) is 3.84. The summed E-state index contributed by atoms with van der Waals surface area (Å²) in [7, 11) is 0. The lowest BCUT2D eigenvalue weighted by atomic mass is 9.74. The quantitative estimate of drug-likeness (QED) is 0.847. The zero-order chi connectivity index (χ0) is 18.8. The number of fused-ring (bicyclic) bond motifs is 1. The van der Waals surface area contributed by atoms with E-state index >= 15 is 0 Å². The maximum absolute atomic E-state index is 13.2. The van der Waals surface area contributed by atoms with Gasteiger partial charge in [0.1, 0.15) is 11.5 Å². The fourth-order valence-electron chi connectivity index (χ4n) is 3.84. The van der Waals surface area contributed by atoms with E-state index in [1.54, 1.807) is 24.3 Å². The highest BCUT2D eigenvalue weighted by molar-refractivity contribution is 5.89. The van der Waals surface area contributed by atoms with Crippen LogP contribution >= 0.6 is 0 Å². The third-order valence-corrected chi connectivity index (χ3v) is 5.36. The minimum absolute atomic E-state index is 0.00780. The molecule has 1 fully saturated rings. The first kappa shape index (κ1) is 18.8. The standard InChI is InChI=1S/C20H23F3N2O/c1-2-19(8-5-9-24-13-19)12-15(26)10-14-11-18(20(21,22)23)25-17-7-4-3-6-16(14)17/h3-4,6-7,11,24H,2,5,8-10,12-13H2,1H3/t19-/m1/s1. The zero-order valence-corrected chi connectivity index (χ0v) is 14.8. The van der Waals surface area contributed by atoms with Crippen LogP contribution < -0.4 is 5.32 Å². The summed E-state index contributed by atoms with van der Waals surface area (Å²) in [6.45, 7) is 3.82. The lowest BCUT2D eigenvalue weighted by Crippen LogP contribution is -2.41. The van der Waals surface area contributed by atoms with E-state index in [4.69, 9.17) is 0 Å². The number of hydrogen-bond donors (Lipinski definition) is 1. The molecule has 1 aliphatic heterocycles. The number of aromatic nitrogens is 1. The molecule has 0 amide bonds. The van der Waals surface area contributed by atoms with Gasteiger partial charge >= 0.3 is 6.18 Å². The molecule has 1 aromatic carbocycles. The number of nitrogens with zero attached hydrogens (tertiary/aromatic N) is 1. The Balaban J connectivity index is 1.88. The largest absolute Gasteiger partial charge is 0.433 e. The van der Waals surface area contributed by atoms with E-state index < -0.39 is 11.9 Å². The van der Waals surface area contributed by atoms with Crippen molar-refractivity contribution < 1.29 is 18.0 Å². The first-order valence-corrected chi connectivity index (χ1v) is 9.01. The van der Waals surface area contributed by atoms with Crippen LogP contribution in [0.5, 0.6) is 0 Å². The highest BCUT2D eigenvalue weighted by Crippen LogP contribution is 2.35. The van der Waals surface area contributed by atoms with Gasteiger partial charge < -0.3 is 5.32 Å². The van der Waals surface area contributed by atoms with E-state index in [9.17, 15) is 18.0 Å². The third-order valence-electron chi connectivity index (χ3n) is 5.36. The predicted molar refractivity (Wildman–Crippen MR) is 94.9 cm³/mol. The van der Waals surface area contributed by atoms with E-state index in [-0.39, 0.29) is 23.1 Å². The van der Waals surface area contributed by atoms with Gasteiger partial charge in [-0.15, -0.1) is 0 Å². The number of Topliss-reactive ketones (excluding diaryl/α,β-unsaturated/α-hetero) is 1. The molecule has 1 aromatic heterocycles. The molecular weight excluding hydrogens is 341 g/mol. The molecule has 6 heteroatoms. The van der Waals surface area contributed by atoms with E-state index in [2.05, 4.69) is 17.2 Å². The Morgan fingerprint density at radius 2 is 2.08 bits per heavy atom. The molecule has 0 unspecified atom stereocenters. The first-order valence-electron chi connectivity index (χ1n) is 9.01. The molecule has 0 aliphatic carbocycles. The van der Waals surface area contributed by atoms with Crippen molar-refractivity contribution >= 4 is 16.7 Å². The molecule has 2 heterocycles. The number of carbonyl (C=O) groups excluding carboxylic acids is 1. The van der Waals surface area contributed by atoms with Gasteiger partial charge in [0.15, 0.2) is 0 Å². The Kier molecular flexibility index (Phi) is 5.32. The number of hydrogen-bond acceptors (Lipinski definition) is 3. The van der Waals surface area contributed by atoms with Crippen LogP contribution in [-0.4, -0.2) is 23.9 Å². The third kappa shape index (κ3) is 4.06. The molecule has 3 rings (SSSR count). The lowest BCUT2D eigenvalue weighted by Gasteiger charge is -2.36. The highest BCUT2D eigenvalue weighted by atomic mass is 19.4. The highest BCUT2D eigenvalue weighted by Gasteiger charge is 2.35. The molecule has 1 atom stereocenters. The average Bonchev–Trinajstić information content (AvgIpc) is 2.61. The minimum Gasteiger partial charge on any atom is -0.316 e. The molecule has 1 aliphatic rings. The predicted octanol–water partition coefficient (Wildman–Crippen LogP) is 4.54. The molecule has 0 radical (unpaired) electrons. The number of alkyl halides is 3. The molecule has 0 spiro atoms. The minimum atomic E-state index is -4.53. The van der Waals surface area contributed by atoms with Crippen molar-refractivity contribution in [3.05, 3.63) is 41.6 Å². The van der Waals surface area contributed by atoms with E-state index in [0.29, 0.717) is 17.4 Å². The Morgan fingerprint density at radius 1 is 1.31 bits per heavy atom. The number of carbonyl (C=O) groups is 1. The normalized spacial score (nSPS) is 21.1. The van der Waals surface area contributed by atoms with Crippen LogP contribution in [0.2, 0.25) is 0 Å². The molecule has 26 heavy (non-hydrogen) atoms. The second kappa shape index (κ2) is 7.35. The Labute approximate surface area is 151 Å². The molecule has 1 saturated heterocycles. The van der Waals surface area contributed by atoms with Crippen LogP contribution in [0, 0.1) is 5.41 Å². The van der Waals surface area contributed by atoms with E-state index in [0.717, 1.165) is 38.4 Å². The van der Waals surface area contributed by atoms with Gasteiger partial charge in [-0.3, -0.25) is 4.79 Å². The van der Waals surface area contributed by atoms with Crippen molar-refractivity contribution in [2.24, 2.45) is 5.41 Å². The number of benzene rings is 1. The summed E-state index contributed by atoms with van der Waals surface area (Å²) in [5.74, 6) is -0.0139. The van der Waals surface area contributed by atoms with Crippen LogP contribution in [0.15, 0.2) is 30.3 Å². The second-order valence-corrected chi connectivity index (χ2v) is 7.21. The summed E-state index contributed by atoms with van der Waals surface area (Å²) in [5.41, 5.74) is -0.341. The number of rotatable bonds is 5. The van der Waals surface area contributed by atoms with Crippen LogP contribution in [0.25, 0.3) is 10.9 Å². The first-order chi connectivity index (χ1) is 12.3. The van der Waals surface area contributed by atoms with Gasteiger partial charge in [-0.1, -0.05) is 25.1 Å². The number of para-hydroxylation sites is 1. The van der Waals surface area contributed by atoms with Gasteiger partial charge in [-0.05, 0) is 48.9 Å². The molecule has 0 bridgehead atoms. The van der Waals surface area contributed by atoms with E-state index in [1.165, 1.54) is 0 Å². The number of ketones is 1. The van der Waals surface area contributed by atoms with Crippen LogP contribution in [0.3, 0.4) is 0 Å². The Bertz CT molecular complexity index is 795. The summed E-state index contributed by atoms with van der Waals surface area (Å²) in [5, 5.41) is 3.96. The Hall–Kier alpha value is -1.95. The summed E-state index contributed by atoms with van der Waals surface area (Å²) in [6, 6.07) is 7.71. The topological polar surface area (TPSA) is 42.0 Å². The van der Waals surface area contributed by atoms with Crippen molar-refractivity contribution in [2.75, 3.05) is 13.1 Å². The summed E-state index contributed by atoms with van der Waals surface area (Å²) in [4.78, 5) is 16.4. The molecule has 2 aromatic rings. The van der Waals surface area contributed by atoms with Gasteiger partial charge in [0.05, 0.1) is 5.52 Å². The molecular formula is C20H23F3N2O. The van der Waals surface area contributed by atoms with Crippen molar-refractivity contribution in [3.63, 3.8) is 0 Å². The van der Waals surface area contributed by atoms with Gasteiger partial charge in [0.25, 0.3) is 0 Å². The number of piperidine rings is 1. The molecule has 140 valence electrons. The Morgan fingerprint density at radius 3 is 2.73 bits per heavy atom. The smallest absolute Gasteiger partial charge is 0.316 e. The van der Waals surface area contributed by atoms with E-state index in [1.807, 2.05) is 0 Å². The second-order valence-electron chi connectivity index (χ2n) is 7.21. The number of nitrogens with one attached hydrogen (secondary N) is 1. The number of halogens is 3. The van der Waals surface area contributed by atoms with Gasteiger partial charge in [0.2, 0.25) is 0 Å². The summed E-state index contributed by atoms with van der Waals surface area (Å²) < 4.78 is 39.5. The van der Waals surface area contributed by atoms with Crippen LogP contribution in [0.4, 0.5) is 13.2 Å². The molecule has 0 saturated carbocycles. The van der Waals surface area contributed by atoms with Crippen molar-refractivity contribution in [1.29, 1.82) is 0 Å². The monoisotopic (exact) mass is 364 g/mol. The van der Waals surface area contributed by atoms with Crippen molar-refractivity contribution in [2.45, 2.75) is 45.2 Å². The lowest BCUT2D eigenvalue weighted by molar-refractivity contribution is -0.141. The fraction of sp³-hybridized carbons (Fsp3) is 0.500. The van der Waals surface area contributed by atoms with Crippen LogP contribution in [-0.2, 0) is 17.4 Å². The van der Waals surface area contributed by atoms with Crippen molar-refractivity contribution in [3.8, 4) is 0 Å². The average molecular weight is 364 g/mol.